The number of amides is 1. The van der Waals surface area contributed by atoms with Crippen LogP contribution in [-0.2, 0) is 0 Å². The van der Waals surface area contributed by atoms with Crippen LogP contribution in [0.25, 0.3) is 10.9 Å². The first-order valence-electron chi connectivity index (χ1n) is 8.89. The van der Waals surface area contributed by atoms with Crippen molar-refractivity contribution in [1.29, 1.82) is 0 Å². The molecule has 3 aromatic rings. The van der Waals surface area contributed by atoms with Crippen molar-refractivity contribution in [2.24, 2.45) is 0 Å². The van der Waals surface area contributed by atoms with Crippen molar-refractivity contribution in [3.8, 4) is 0 Å². The Labute approximate surface area is 150 Å². The van der Waals surface area contributed by atoms with Gasteiger partial charge >= 0.3 is 0 Å². The number of hydrogen-bond acceptors (Lipinski definition) is 4. The number of rotatable bonds is 4. The van der Waals surface area contributed by atoms with Crippen LogP contribution in [0.4, 0.5) is 5.82 Å². The largest absolute Gasteiger partial charge is 0.351 e. The first kappa shape index (κ1) is 16.4. The number of anilines is 1. The molecular weight excluding hydrogens is 330 g/mol. The highest BCUT2D eigenvalue weighted by Crippen LogP contribution is 2.22. The molecule has 0 radical (unpaired) electrons. The molecule has 0 aliphatic carbocycles. The van der Waals surface area contributed by atoms with E-state index in [4.69, 9.17) is 0 Å². The zero-order chi connectivity index (χ0) is 17.9. The van der Waals surface area contributed by atoms with E-state index >= 15 is 0 Å². The maximum atomic E-state index is 12.5. The highest BCUT2D eigenvalue weighted by atomic mass is 16.2. The van der Waals surface area contributed by atoms with E-state index in [2.05, 4.69) is 25.4 Å². The Bertz CT molecular complexity index is 924. The minimum absolute atomic E-state index is 0.110. The van der Waals surface area contributed by atoms with Gasteiger partial charge in [-0.15, -0.1) is 0 Å². The number of carbonyl (C=O) groups excluding carboxylic acids is 1. The van der Waals surface area contributed by atoms with Gasteiger partial charge in [0.2, 0.25) is 0 Å². The van der Waals surface area contributed by atoms with Crippen LogP contribution in [0.15, 0.2) is 47.3 Å². The van der Waals surface area contributed by atoms with Gasteiger partial charge in [0.05, 0.1) is 0 Å². The van der Waals surface area contributed by atoms with Crippen LogP contribution in [0.5, 0.6) is 0 Å². The van der Waals surface area contributed by atoms with E-state index < -0.39 is 0 Å². The second kappa shape index (κ2) is 7.03. The number of para-hydroxylation sites is 1. The van der Waals surface area contributed by atoms with Crippen molar-refractivity contribution in [1.82, 2.24) is 20.5 Å². The number of fused-ring (bicyclic) bond motifs is 1. The van der Waals surface area contributed by atoms with Crippen LogP contribution >= 0.6 is 0 Å². The monoisotopic (exact) mass is 351 g/mol. The topological polar surface area (TPSA) is 93.9 Å². The molecule has 1 saturated heterocycles. The summed E-state index contributed by atoms with van der Waals surface area (Å²) in [6, 6.07) is 13.1. The average Bonchev–Trinajstić information content (AvgIpc) is 3.11. The zero-order valence-electron chi connectivity index (χ0n) is 14.4. The fourth-order valence-electron chi connectivity index (χ4n) is 3.51. The van der Waals surface area contributed by atoms with Crippen molar-refractivity contribution >= 4 is 22.6 Å². The van der Waals surface area contributed by atoms with Crippen molar-refractivity contribution in [2.75, 3.05) is 18.0 Å². The van der Waals surface area contributed by atoms with Gasteiger partial charge in [-0.05, 0) is 37.5 Å². The predicted octanol–water partition coefficient (Wildman–Crippen LogP) is 2.04. The average molecular weight is 351 g/mol. The number of aromatic amines is 2. The van der Waals surface area contributed by atoms with Gasteiger partial charge in [-0.3, -0.25) is 9.59 Å². The molecule has 0 saturated carbocycles. The number of aromatic nitrogens is 3. The van der Waals surface area contributed by atoms with Crippen LogP contribution in [0.2, 0.25) is 0 Å². The van der Waals surface area contributed by atoms with Crippen LogP contribution in [-0.4, -0.2) is 40.2 Å². The van der Waals surface area contributed by atoms with Gasteiger partial charge in [0.25, 0.3) is 11.5 Å². The molecule has 1 atom stereocenters. The Hall–Kier alpha value is -3.09. The van der Waals surface area contributed by atoms with Crippen molar-refractivity contribution in [3.63, 3.8) is 0 Å². The normalized spacial score (nSPS) is 17.4. The highest BCUT2D eigenvalue weighted by molar-refractivity contribution is 5.98. The lowest BCUT2D eigenvalue weighted by molar-refractivity contribution is 0.0945. The molecule has 0 bridgehead atoms. The van der Waals surface area contributed by atoms with Gasteiger partial charge in [0.1, 0.15) is 11.5 Å². The van der Waals surface area contributed by atoms with E-state index in [-0.39, 0.29) is 17.5 Å². The summed E-state index contributed by atoms with van der Waals surface area (Å²) in [5.74, 6) is 0.635. The van der Waals surface area contributed by atoms with Gasteiger partial charge in [-0.25, -0.2) is 5.10 Å². The Morgan fingerprint density at radius 2 is 2.12 bits per heavy atom. The molecule has 1 unspecified atom stereocenters. The molecule has 26 heavy (non-hydrogen) atoms. The minimum Gasteiger partial charge on any atom is -0.351 e. The molecule has 4 rings (SSSR count). The highest BCUT2D eigenvalue weighted by Gasteiger charge is 2.24. The molecule has 1 aromatic carbocycles. The fraction of sp³-hybridized carbons (Fsp3) is 0.316. The number of piperidine rings is 1. The third-order valence-electron chi connectivity index (χ3n) is 4.86. The van der Waals surface area contributed by atoms with Gasteiger partial charge in [0, 0.05) is 36.1 Å². The summed E-state index contributed by atoms with van der Waals surface area (Å²) in [6.45, 7) is 1.40. The van der Waals surface area contributed by atoms with Crippen LogP contribution in [0.3, 0.4) is 0 Å². The molecule has 134 valence electrons. The lowest BCUT2D eigenvalue weighted by atomic mass is 10.0. The molecule has 1 aliphatic heterocycles. The van der Waals surface area contributed by atoms with E-state index in [0.29, 0.717) is 12.2 Å². The second-order valence-electron chi connectivity index (χ2n) is 6.60. The summed E-state index contributed by atoms with van der Waals surface area (Å²) < 4.78 is 0. The molecule has 3 heterocycles. The van der Waals surface area contributed by atoms with Crippen molar-refractivity contribution in [2.45, 2.75) is 25.3 Å². The Morgan fingerprint density at radius 3 is 2.92 bits per heavy atom. The summed E-state index contributed by atoms with van der Waals surface area (Å²) in [4.78, 5) is 29.1. The third-order valence-corrected chi connectivity index (χ3v) is 4.86. The first-order chi connectivity index (χ1) is 12.7. The van der Waals surface area contributed by atoms with Crippen molar-refractivity contribution in [3.05, 3.63) is 58.5 Å². The summed E-state index contributed by atoms with van der Waals surface area (Å²) in [6.07, 6.45) is 3.17. The zero-order valence-corrected chi connectivity index (χ0v) is 14.4. The lowest BCUT2D eigenvalue weighted by Gasteiger charge is -2.36. The molecule has 1 aliphatic rings. The smallest absolute Gasteiger partial charge is 0.267 e. The van der Waals surface area contributed by atoms with Crippen LogP contribution in [0.1, 0.15) is 29.8 Å². The molecule has 3 N–H and O–H groups in total. The minimum atomic E-state index is -0.213. The van der Waals surface area contributed by atoms with Gasteiger partial charge < -0.3 is 15.2 Å². The Balaban J connectivity index is 1.45. The first-order valence-corrected chi connectivity index (χ1v) is 8.89. The molecule has 1 amide bonds. The molecule has 0 spiro atoms. The number of hydrogen-bond donors (Lipinski definition) is 3. The Morgan fingerprint density at radius 1 is 1.23 bits per heavy atom. The maximum absolute atomic E-state index is 12.5. The van der Waals surface area contributed by atoms with Crippen LogP contribution < -0.4 is 15.8 Å². The van der Waals surface area contributed by atoms with E-state index in [1.54, 1.807) is 6.07 Å². The van der Waals surface area contributed by atoms with Crippen LogP contribution in [0, 0.1) is 0 Å². The summed E-state index contributed by atoms with van der Waals surface area (Å²) in [7, 11) is 0. The summed E-state index contributed by atoms with van der Waals surface area (Å²) >= 11 is 0. The quantitative estimate of drug-likeness (QED) is 0.670. The lowest BCUT2D eigenvalue weighted by Crippen LogP contribution is -2.47. The number of H-pyrrole nitrogens is 2. The fourth-order valence-corrected chi connectivity index (χ4v) is 3.51. The van der Waals surface area contributed by atoms with Crippen molar-refractivity contribution < 1.29 is 4.79 Å². The summed E-state index contributed by atoms with van der Waals surface area (Å²) in [5.41, 5.74) is 1.31. The second-order valence-corrected chi connectivity index (χ2v) is 6.60. The van der Waals surface area contributed by atoms with E-state index in [1.807, 2.05) is 30.3 Å². The Kier molecular flexibility index (Phi) is 4.43. The van der Waals surface area contributed by atoms with E-state index in [0.717, 1.165) is 42.5 Å². The SMILES string of the molecule is O=C(NCC1CCCCN1c1ccc(=O)[nH]n1)c1cc2ccccc2[nH]1. The van der Waals surface area contributed by atoms with E-state index in [1.165, 1.54) is 6.07 Å². The van der Waals surface area contributed by atoms with Gasteiger partial charge in [0.15, 0.2) is 0 Å². The predicted molar refractivity (Wildman–Crippen MR) is 100 cm³/mol. The molecule has 1 fully saturated rings. The molecular formula is C19H21N5O2. The number of carbonyl (C=O) groups is 1. The standard InChI is InChI=1S/C19H21N5O2/c25-18-9-8-17(22-23-18)24-10-4-3-6-14(24)12-20-19(26)16-11-13-5-1-2-7-15(13)21-16/h1-2,5,7-9,11,14,21H,3-4,6,10,12H2,(H,20,26)(H,23,25). The summed E-state index contributed by atoms with van der Waals surface area (Å²) in [5, 5.41) is 10.7. The van der Waals surface area contributed by atoms with Gasteiger partial charge in [-0.2, -0.15) is 5.10 Å². The number of nitrogens with zero attached hydrogens (tertiary/aromatic N) is 2. The molecule has 7 nitrogen and oxygen atoms in total. The third kappa shape index (κ3) is 3.33. The number of nitrogens with one attached hydrogen (secondary N) is 3. The van der Waals surface area contributed by atoms with E-state index in [9.17, 15) is 9.59 Å². The molecule has 7 heteroatoms. The van der Waals surface area contributed by atoms with Gasteiger partial charge in [-0.1, -0.05) is 18.2 Å². The molecule has 2 aromatic heterocycles. The number of benzene rings is 1. The maximum Gasteiger partial charge on any atom is 0.267 e.